The number of aryl methyl sites for hydroxylation is 2. The molecule has 0 aromatic heterocycles. The Morgan fingerprint density at radius 3 is 2.30 bits per heavy atom. The summed E-state index contributed by atoms with van der Waals surface area (Å²) >= 11 is 0. The number of anilines is 1. The van der Waals surface area contributed by atoms with E-state index in [1.54, 1.807) is 13.0 Å². The van der Waals surface area contributed by atoms with Crippen molar-refractivity contribution in [2.45, 2.75) is 25.7 Å². The number of methoxy groups -OCH3 is 2. The number of benzene rings is 2. The predicted molar refractivity (Wildman–Crippen MR) is 109 cm³/mol. The number of hydrogen-bond acceptors (Lipinski definition) is 5. The molecule has 27 heavy (non-hydrogen) atoms. The summed E-state index contributed by atoms with van der Waals surface area (Å²) in [4.78, 5) is 2.33. The standard InChI is InChI=1S/C20H28N2O4S/c1-6-22(17-9-7-8-15(2)12-17)11-10-21-27(23,24)20-14-19(26-5)18(25-4)13-16(20)3/h7-9,12-14,21H,6,10-11H2,1-5H3. The summed E-state index contributed by atoms with van der Waals surface area (Å²) in [6.07, 6.45) is 0. The first-order chi connectivity index (χ1) is 12.8. The van der Waals surface area contributed by atoms with E-state index in [0.29, 0.717) is 30.2 Å². The predicted octanol–water partition coefficient (Wildman–Crippen LogP) is 3.13. The molecule has 0 aliphatic carbocycles. The molecule has 1 N–H and O–H groups in total. The van der Waals surface area contributed by atoms with E-state index < -0.39 is 10.0 Å². The van der Waals surface area contributed by atoms with Crippen LogP contribution in [0.2, 0.25) is 0 Å². The van der Waals surface area contributed by atoms with Crippen molar-refractivity contribution in [1.82, 2.24) is 4.72 Å². The highest BCUT2D eigenvalue weighted by molar-refractivity contribution is 7.89. The van der Waals surface area contributed by atoms with Gasteiger partial charge in [-0.25, -0.2) is 13.1 Å². The van der Waals surface area contributed by atoms with E-state index in [0.717, 1.165) is 12.2 Å². The summed E-state index contributed by atoms with van der Waals surface area (Å²) in [5.74, 6) is 0.893. The minimum atomic E-state index is -3.65. The van der Waals surface area contributed by atoms with Crippen LogP contribution in [0.5, 0.6) is 11.5 Å². The van der Waals surface area contributed by atoms with Gasteiger partial charge in [0.2, 0.25) is 10.0 Å². The highest BCUT2D eigenvalue weighted by Gasteiger charge is 2.20. The maximum atomic E-state index is 12.8. The van der Waals surface area contributed by atoms with Crippen LogP contribution in [0, 0.1) is 13.8 Å². The lowest BCUT2D eigenvalue weighted by atomic mass is 10.2. The van der Waals surface area contributed by atoms with E-state index in [9.17, 15) is 8.42 Å². The summed E-state index contributed by atoms with van der Waals surface area (Å²) in [5, 5.41) is 0. The third kappa shape index (κ3) is 5.14. The number of ether oxygens (including phenoxy) is 2. The van der Waals surface area contributed by atoms with Crippen LogP contribution in [-0.2, 0) is 10.0 Å². The van der Waals surface area contributed by atoms with Gasteiger partial charge in [0.1, 0.15) is 0 Å². The second-order valence-electron chi connectivity index (χ2n) is 6.29. The molecule has 7 heteroatoms. The van der Waals surface area contributed by atoms with Gasteiger partial charge in [-0.2, -0.15) is 0 Å². The van der Waals surface area contributed by atoms with E-state index in [2.05, 4.69) is 22.6 Å². The molecule has 0 saturated heterocycles. The van der Waals surface area contributed by atoms with Gasteiger partial charge in [-0.3, -0.25) is 0 Å². The van der Waals surface area contributed by atoms with Gasteiger partial charge in [0.15, 0.2) is 11.5 Å². The van der Waals surface area contributed by atoms with Crippen LogP contribution >= 0.6 is 0 Å². The van der Waals surface area contributed by atoms with Crippen LogP contribution in [0.1, 0.15) is 18.1 Å². The lowest BCUT2D eigenvalue weighted by Gasteiger charge is -2.23. The number of sulfonamides is 1. The number of hydrogen-bond donors (Lipinski definition) is 1. The lowest BCUT2D eigenvalue weighted by Crippen LogP contribution is -2.35. The highest BCUT2D eigenvalue weighted by atomic mass is 32.2. The van der Waals surface area contributed by atoms with Crippen molar-refractivity contribution in [1.29, 1.82) is 0 Å². The molecular formula is C20H28N2O4S. The van der Waals surface area contributed by atoms with E-state index in [-0.39, 0.29) is 4.90 Å². The first kappa shape index (κ1) is 21.1. The molecule has 6 nitrogen and oxygen atoms in total. The lowest BCUT2D eigenvalue weighted by molar-refractivity contribution is 0.353. The van der Waals surface area contributed by atoms with Crippen LogP contribution in [0.25, 0.3) is 0 Å². The summed E-state index contributed by atoms with van der Waals surface area (Å²) < 4.78 is 38.7. The molecule has 0 amide bonds. The van der Waals surface area contributed by atoms with Crippen molar-refractivity contribution in [2.24, 2.45) is 0 Å². The van der Waals surface area contributed by atoms with E-state index in [1.165, 1.54) is 25.8 Å². The van der Waals surface area contributed by atoms with Gasteiger partial charge >= 0.3 is 0 Å². The van der Waals surface area contributed by atoms with Gasteiger partial charge in [0.05, 0.1) is 19.1 Å². The normalized spacial score (nSPS) is 11.3. The van der Waals surface area contributed by atoms with E-state index in [1.807, 2.05) is 25.1 Å². The molecule has 0 fully saturated rings. The Labute approximate surface area is 162 Å². The van der Waals surface area contributed by atoms with Gasteiger partial charge in [0.25, 0.3) is 0 Å². The van der Waals surface area contributed by atoms with Crippen molar-refractivity contribution in [3.05, 3.63) is 47.5 Å². The Morgan fingerprint density at radius 2 is 1.70 bits per heavy atom. The molecule has 0 radical (unpaired) electrons. The molecule has 0 saturated carbocycles. The van der Waals surface area contributed by atoms with Gasteiger partial charge < -0.3 is 14.4 Å². The second-order valence-corrected chi connectivity index (χ2v) is 8.02. The van der Waals surface area contributed by atoms with Crippen molar-refractivity contribution in [2.75, 3.05) is 38.8 Å². The average molecular weight is 393 g/mol. The topological polar surface area (TPSA) is 67.9 Å². The molecule has 2 aromatic carbocycles. The fraction of sp³-hybridized carbons (Fsp3) is 0.400. The second kappa shape index (κ2) is 9.10. The third-order valence-corrected chi connectivity index (χ3v) is 6.00. The van der Waals surface area contributed by atoms with Crippen molar-refractivity contribution < 1.29 is 17.9 Å². The maximum absolute atomic E-state index is 12.8. The minimum Gasteiger partial charge on any atom is -0.493 e. The zero-order valence-corrected chi connectivity index (χ0v) is 17.4. The van der Waals surface area contributed by atoms with Gasteiger partial charge in [-0.15, -0.1) is 0 Å². The Balaban J connectivity index is 2.12. The number of nitrogens with one attached hydrogen (secondary N) is 1. The zero-order valence-electron chi connectivity index (χ0n) is 16.6. The van der Waals surface area contributed by atoms with Crippen LogP contribution in [0.3, 0.4) is 0 Å². The summed E-state index contributed by atoms with van der Waals surface area (Å²) in [5.41, 5.74) is 2.86. The molecular weight excluding hydrogens is 364 g/mol. The van der Waals surface area contributed by atoms with Gasteiger partial charge in [0, 0.05) is 31.4 Å². The SMILES string of the molecule is CCN(CCNS(=O)(=O)c1cc(OC)c(OC)cc1C)c1cccc(C)c1. The molecule has 0 unspecified atom stereocenters. The molecule has 0 aliphatic heterocycles. The maximum Gasteiger partial charge on any atom is 0.241 e. The summed E-state index contributed by atoms with van der Waals surface area (Å²) in [7, 11) is -0.649. The first-order valence-corrected chi connectivity index (χ1v) is 10.3. The van der Waals surface area contributed by atoms with E-state index >= 15 is 0 Å². The van der Waals surface area contributed by atoms with Crippen LogP contribution in [-0.4, -0.2) is 42.3 Å². The van der Waals surface area contributed by atoms with Crippen molar-refractivity contribution >= 4 is 15.7 Å². The first-order valence-electron chi connectivity index (χ1n) is 8.86. The Hall–Kier alpha value is -2.25. The smallest absolute Gasteiger partial charge is 0.241 e. The van der Waals surface area contributed by atoms with E-state index in [4.69, 9.17) is 9.47 Å². The Kier molecular flexibility index (Phi) is 7.10. The van der Waals surface area contributed by atoms with Gasteiger partial charge in [-0.1, -0.05) is 12.1 Å². The Morgan fingerprint density at radius 1 is 1.04 bits per heavy atom. The monoisotopic (exact) mass is 392 g/mol. The number of nitrogens with zero attached hydrogens (tertiary/aromatic N) is 1. The molecule has 0 atom stereocenters. The van der Waals surface area contributed by atoms with Crippen LogP contribution in [0.15, 0.2) is 41.3 Å². The largest absolute Gasteiger partial charge is 0.493 e. The molecule has 0 spiro atoms. The average Bonchev–Trinajstić information content (AvgIpc) is 2.64. The minimum absolute atomic E-state index is 0.193. The quantitative estimate of drug-likeness (QED) is 0.710. The van der Waals surface area contributed by atoms with Gasteiger partial charge in [-0.05, 0) is 50.1 Å². The molecule has 0 heterocycles. The van der Waals surface area contributed by atoms with Crippen LogP contribution in [0.4, 0.5) is 5.69 Å². The Bertz CT molecular complexity index is 882. The molecule has 2 aromatic rings. The van der Waals surface area contributed by atoms with Crippen molar-refractivity contribution in [3.8, 4) is 11.5 Å². The molecule has 0 aliphatic rings. The number of likely N-dealkylation sites (N-methyl/N-ethyl adjacent to an activating group) is 1. The summed E-state index contributed by atoms with van der Waals surface area (Å²) in [6, 6.07) is 11.3. The molecule has 2 rings (SSSR count). The molecule has 148 valence electrons. The van der Waals surface area contributed by atoms with Crippen molar-refractivity contribution in [3.63, 3.8) is 0 Å². The highest BCUT2D eigenvalue weighted by Crippen LogP contribution is 2.32. The third-order valence-electron chi connectivity index (χ3n) is 4.39. The molecule has 0 bridgehead atoms. The zero-order chi connectivity index (χ0) is 20.0. The summed E-state index contributed by atoms with van der Waals surface area (Å²) in [6.45, 7) is 7.50. The number of rotatable bonds is 9. The fourth-order valence-corrected chi connectivity index (χ4v) is 4.20. The fourth-order valence-electron chi connectivity index (χ4n) is 2.94. The van der Waals surface area contributed by atoms with Crippen LogP contribution < -0.4 is 19.1 Å².